The van der Waals surface area contributed by atoms with E-state index in [2.05, 4.69) is 0 Å². The van der Waals surface area contributed by atoms with Crippen molar-refractivity contribution < 1.29 is 19.1 Å². The van der Waals surface area contributed by atoms with Crippen LogP contribution in [0.2, 0.25) is 0 Å². The normalized spacial score (nSPS) is 19.3. The molecule has 0 spiro atoms. The number of hydrogen-bond acceptors (Lipinski definition) is 4. The van der Waals surface area contributed by atoms with Gasteiger partial charge in [-0.15, -0.1) is 0 Å². The molecule has 1 aromatic carbocycles. The SMILES string of the molecule is CC[C@H](C)[C@@H](C(=O)O)N1C(=O)/C(=C/c2ccc(F)cc2)SC1=S. The van der Waals surface area contributed by atoms with Crippen LogP contribution in [0.4, 0.5) is 4.39 Å². The molecule has 7 heteroatoms. The Bertz CT molecular complexity index is 672. The fourth-order valence-electron chi connectivity index (χ4n) is 2.26. The van der Waals surface area contributed by atoms with E-state index in [-0.39, 0.29) is 16.1 Å². The Morgan fingerprint density at radius 3 is 2.57 bits per heavy atom. The summed E-state index contributed by atoms with van der Waals surface area (Å²) in [5.41, 5.74) is 0.655. The molecule has 23 heavy (non-hydrogen) atoms. The third-order valence-corrected chi connectivity index (χ3v) is 5.04. The van der Waals surface area contributed by atoms with E-state index in [0.717, 1.165) is 11.8 Å². The van der Waals surface area contributed by atoms with Crippen molar-refractivity contribution in [3.8, 4) is 0 Å². The van der Waals surface area contributed by atoms with Gasteiger partial charge in [0.2, 0.25) is 0 Å². The average molecular weight is 353 g/mol. The lowest BCUT2D eigenvalue weighted by molar-refractivity contribution is -0.147. The topological polar surface area (TPSA) is 57.6 Å². The van der Waals surface area contributed by atoms with Gasteiger partial charge in [0.25, 0.3) is 5.91 Å². The molecule has 1 saturated heterocycles. The lowest BCUT2D eigenvalue weighted by Gasteiger charge is -2.27. The van der Waals surface area contributed by atoms with Crippen LogP contribution >= 0.6 is 24.0 Å². The van der Waals surface area contributed by atoms with Gasteiger partial charge >= 0.3 is 5.97 Å². The van der Waals surface area contributed by atoms with Gasteiger partial charge < -0.3 is 5.11 Å². The number of carboxylic acid groups (broad SMARTS) is 1. The highest BCUT2D eigenvalue weighted by atomic mass is 32.2. The van der Waals surface area contributed by atoms with Crippen LogP contribution in [0.15, 0.2) is 29.2 Å². The van der Waals surface area contributed by atoms with E-state index in [4.69, 9.17) is 12.2 Å². The van der Waals surface area contributed by atoms with Gasteiger partial charge in [-0.3, -0.25) is 9.69 Å². The molecule has 2 rings (SSSR count). The van der Waals surface area contributed by atoms with Crippen LogP contribution in [0.3, 0.4) is 0 Å². The smallest absolute Gasteiger partial charge is 0.327 e. The van der Waals surface area contributed by atoms with Crippen LogP contribution in [0.25, 0.3) is 6.08 Å². The maximum atomic E-state index is 12.9. The van der Waals surface area contributed by atoms with E-state index in [0.29, 0.717) is 16.9 Å². The van der Waals surface area contributed by atoms with Crippen LogP contribution < -0.4 is 0 Å². The quantitative estimate of drug-likeness (QED) is 0.648. The van der Waals surface area contributed by atoms with Crippen molar-refractivity contribution in [2.45, 2.75) is 26.3 Å². The maximum Gasteiger partial charge on any atom is 0.327 e. The molecule has 0 aromatic heterocycles. The Hall–Kier alpha value is -1.73. The van der Waals surface area contributed by atoms with Crippen molar-refractivity contribution >= 4 is 46.3 Å². The van der Waals surface area contributed by atoms with E-state index in [1.54, 1.807) is 25.1 Å². The summed E-state index contributed by atoms with van der Waals surface area (Å²) in [5.74, 6) is -2.08. The Morgan fingerprint density at radius 1 is 1.43 bits per heavy atom. The summed E-state index contributed by atoms with van der Waals surface area (Å²) in [7, 11) is 0. The van der Waals surface area contributed by atoms with Gasteiger partial charge in [0, 0.05) is 0 Å². The number of benzene rings is 1. The minimum absolute atomic E-state index is 0.222. The van der Waals surface area contributed by atoms with Gasteiger partial charge in [0.1, 0.15) is 16.2 Å². The number of amides is 1. The number of carbonyl (C=O) groups excluding carboxylic acids is 1. The van der Waals surface area contributed by atoms with Crippen molar-refractivity contribution in [1.82, 2.24) is 4.90 Å². The summed E-state index contributed by atoms with van der Waals surface area (Å²) in [5, 5.41) is 9.45. The average Bonchev–Trinajstić information content (AvgIpc) is 2.77. The van der Waals surface area contributed by atoms with Crippen LogP contribution in [0.1, 0.15) is 25.8 Å². The summed E-state index contributed by atoms with van der Waals surface area (Å²) < 4.78 is 13.2. The molecular formula is C16H16FNO3S2. The van der Waals surface area contributed by atoms with E-state index in [1.807, 2.05) is 6.92 Å². The highest BCUT2D eigenvalue weighted by molar-refractivity contribution is 8.26. The monoisotopic (exact) mass is 353 g/mol. The second kappa shape index (κ2) is 7.23. The van der Waals surface area contributed by atoms with Crippen molar-refractivity contribution in [1.29, 1.82) is 0 Å². The molecule has 4 nitrogen and oxygen atoms in total. The van der Waals surface area contributed by atoms with Gasteiger partial charge in [-0.1, -0.05) is 56.4 Å². The van der Waals surface area contributed by atoms with Gasteiger partial charge in [-0.2, -0.15) is 0 Å². The predicted octanol–water partition coefficient (Wildman–Crippen LogP) is 3.53. The number of carbonyl (C=O) groups is 2. The van der Waals surface area contributed by atoms with E-state index < -0.39 is 17.9 Å². The van der Waals surface area contributed by atoms with Crippen LogP contribution in [0, 0.1) is 11.7 Å². The number of halogens is 1. The number of thiocarbonyl (C=S) groups is 1. The molecule has 1 aliphatic rings. The number of nitrogens with zero attached hydrogens (tertiary/aromatic N) is 1. The van der Waals surface area contributed by atoms with Crippen molar-refractivity contribution in [2.75, 3.05) is 0 Å². The minimum Gasteiger partial charge on any atom is -0.480 e. The molecule has 2 atom stereocenters. The van der Waals surface area contributed by atoms with Gasteiger partial charge in [-0.05, 0) is 29.7 Å². The number of aliphatic carboxylic acids is 1. The standard InChI is InChI=1S/C16H16FNO3S2/c1-3-9(2)13(15(20)21)18-14(19)12(23-16(18)22)8-10-4-6-11(17)7-5-10/h4-9,13H,3H2,1-2H3,(H,20,21)/b12-8-/t9-,13-/m0/s1. The highest BCUT2D eigenvalue weighted by Gasteiger charge is 2.42. The highest BCUT2D eigenvalue weighted by Crippen LogP contribution is 2.35. The molecule has 1 N–H and O–H groups in total. The fourth-order valence-corrected chi connectivity index (χ4v) is 3.59. The molecule has 1 aliphatic heterocycles. The molecule has 0 bridgehead atoms. The number of thioether (sulfide) groups is 1. The minimum atomic E-state index is -1.07. The Labute approximate surface area is 143 Å². The first-order chi connectivity index (χ1) is 10.8. The van der Waals surface area contributed by atoms with Gasteiger partial charge in [0.05, 0.1) is 4.91 Å². The molecule has 0 aliphatic carbocycles. The summed E-state index contributed by atoms with van der Waals surface area (Å²) in [6.07, 6.45) is 2.21. The number of carboxylic acids is 1. The fraction of sp³-hybridized carbons (Fsp3) is 0.312. The van der Waals surface area contributed by atoms with Gasteiger partial charge in [0.15, 0.2) is 0 Å². The van der Waals surface area contributed by atoms with Crippen molar-refractivity contribution in [3.63, 3.8) is 0 Å². The first-order valence-corrected chi connectivity index (χ1v) is 8.33. The second-order valence-corrected chi connectivity index (χ2v) is 6.95. The third kappa shape index (κ3) is 3.79. The second-order valence-electron chi connectivity index (χ2n) is 5.27. The third-order valence-electron chi connectivity index (χ3n) is 3.71. The Morgan fingerprint density at radius 2 is 2.04 bits per heavy atom. The molecule has 0 unspecified atom stereocenters. The molecule has 122 valence electrons. The molecule has 1 aromatic rings. The molecule has 0 radical (unpaired) electrons. The number of rotatable bonds is 5. The Kier molecular flexibility index (Phi) is 5.54. The largest absolute Gasteiger partial charge is 0.480 e. The van der Waals surface area contributed by atoms with Crippen molar-refractivity contribution in [2.24, 2.45) is 5.92 Å². The molecule has 1 fully saturated rings. The summed E-state index contributed by atoms with van der Waals surface area (Å²) in [6.45, 7) is 3.65. The molecule has 1 amide bonds. The first-order valence-electron chi connectivity index (χ1n) is 7.10. The van der Waals surface area contributed by atoms with Crippen molar-refractivity contribution in [3.05, 3.63) is 40.6 Å². The van der Waals surface area contributed by atoms with E-state index in [9.17, 15) is 19.1 Å². The number of hydrogen-bond donors (Lipinski definition) is 1. The first kappa shape index (κ1) is 17.6. The molecule has 0 saturated carbocycles. The lowest BCUT2D eigenvalue weighted by atomic mass is 9.98. The van der Waals surface area contributed by atoms with E-state index >= 15 is 0 Å². The predicted molar refractivity (Wildman–Crippen MR) is 92.3 cm³/mol. The van der Waals surface area contributed by atoms with E-state index in [1.165, 1.54) is 17.0 Å². The van der Waals surface area contributed by atoms with Crippen LogP contribution in [-0.2, 0) is 9.59 Å². The summed E-state index contributed by atoms with van der Waals surface area (Å²) in [4.78, 5) is 25.6. The summed E-state index contributed by atoms with van der Waals surface area (Å²) >= 11 is 6.26. The zero-order chi connectivity index (χ0) is 17.1. The lowest BCUT2D eigenvalue weighted by Crippen LogP contribution is -2.47. The van der Waals surface area contributed by atoms with Gasteiger partial charge in [-0.25, -0.2) is 9.18 Å². The molecular weight excluding hydrogens is 337 g/mol. The maximum absolute atomic E-state index is 12.9. The Balaban J connectivity index is 2.32. The zero-order valence-corrected chi connectivity index (χ0v) is 14.3. The van der Waals surface area contributed by atoms with Crippen LogP contribution in [-0.4, -0.2) is 32.2 Å². The molecule has 1 heterocycles. The summed E-state index contributed by atoms with van der Waals surface area (Å²) in [6, 6.07) is 4.71. The zero-order valence-electron chi connectivity index (χ0n) is 12.7. The van der Waals surface area contributed by atoms with Crippen LogP contribution in [0.5, 0.6) is 0 Å².